The van der Waals surface area contributed by atoms with Crippen LogP contribution in [0.2, 0.25) is 0 Å². The number of imidazole rings is 1. The Morgan fingerprint density at radius 3 is 2.36 bits per heavy atom. The van der Waals surface area contributed by atoms with Crippen molar-refractivity contribution in [3.05, 3.63) is 83.9 Å². The van der Waals surface area contributed by atoms with Crippen LogP contribution < -0.4 is 0 Å². The number of nitrogens with zero attached hydrogens (tertiary/aromatic N) is 2. The van der Waals surface area contributed by atoms with Crippen molar-refractivity contribution >= 4 is 5.65 Å². The number of hydrogen-bond acceptors (Lipinski definition) is 2. The van der Waals surface area contributed by atoms with Crippen molar-refractivity contribution in [2.24, 2.45) is 0 Å². The summed E-state index contributed by atoms with van der Waals surface area (Å²) in [5.74, 6) is -0.397. The fourth-order valence-electron chi connectivity index (χ4n) is 2.88. The summed E-state index contributed by atoms with van der Waals surface area (Å²) in [6.45, 7) is 1.76. The van der Waals surface area contributed by atoms with Gasteiger partial charge in [-0.2, -0.15) is 0 Å². The van der Waals surface area contributed by atoms with Crippen LogP contribution in [0.3, 0.4) is 0 Å². The molecule has 4 heteroatoms. The lowest BCUT2D eigenvalue weighted by Gasteiger charge is -2.05. The van der Waals surface area contributed by atoms with Gasteiger partial charge in [0.15, 0.2) is 0 Å². The highest BCUT2D eigenvalue weighted by Gasteiger charge is 2.08. The Bertz CT molecular complexity index is 1050. The molecule has 2 aromatic heterocycles. The molecule has 0 aliphatic carbocycles. The zero-order valence-electron chi connectivity index (χ0n) is 13.8. The van der Waals surface area contributed by atoms with Crippen molar-refractivity contribution in [1.29, 1.82) is 0 Å². The number of aryl methyl sites for hydroxylation is 1. The molecule has 0 saturated heterocycles. The first-order chi connectivity index (χ1) is 12.1. The van der Waals surface area contributed by atoms with Crippen LogP contribution in [-0.2, 0) is 6.61 Å². The minimum atomic E-state index is -0.397. The van der Waals surface area contributed by atoms with E-state index < -0.39 is 5.82 Å². The molecule has 0 aliphatic heterocycles. The second-order valence-electron chi connectivity index (χ2n) is 6.14. The van der Waals surface area contributed by atoms with Crippen LogP contribution in [0.15, 0.2) is 67.0 Å². The average molecular weight is 332 g/mol. The molecular formula is C21H17FN2O. The van der Waals surface area contributed by atoms with Crippen molar-refractivity contribution < 1.29 is 9.50 Å². The first kappa shape index (κ1) is 15.5. The van der Waals surface area contributed by atoms with Crippen LogP contribution in [0.4, 0.5) is 4.39 Å². The summed E-state index contributed by atoms with van der Waals surface area (Å²) >= 11 is 0. The smallest absolute Gasteiger partial charge is 0.137 e. The van der Waals surface area contributed by atoms with Gasteiger partial charge >= 0.3 is 0 Å². The molecule has 4 aromatic rings. The molecule has 124 valence electrons. The van der Waals surface area contributed by atoms with Gasteiger partial charge in [0.2, 0.25) is 0 Å². The molecule has 0 aliphatic rings. The highest BCUT2D eigenvalue weighted by molar-refractivity contribution is 5.68. The van der Waals surface area contributed by atoms with Crippen LogP contribution in [0.25, 0.3) is 28.0 Å². The van der Waals surface area contributed by atoms with Crippen molar-refractivity contribution in [1.82, 2.24) is 9.38 Å². The van der Waals surface area contributed by atoms with Gasteiger partial charge in [0.05, 0.1) is 12.3 Å². The molecule has 1 N–H and O–H groups in total. The Morgan fingerprint density at radius 2 is 1.64 bits per heavy atom. The standard InChI is InChI=1S/C21H17FN2O/c1-14-2-4-15(5-3-14)20-12-24-11-17(8-9-21(24)23-20)16-6-7-18(13-25)19(22)10-16/h2-12,25H,13H2,1H3. The number of aromatic nitrogens is 2. The lowest BCUT2D eigenvalue weighted by molar-refractivity contribution is 0.276. The summed E-state index contributed by atoms with van der Waals surface area (Å²) in [6, 6.07) is 17.0. The van der Waals surface area contributed by atoms with E-state index in [9.17, 15) is 4.39 Å². The third kappa shape index (κ3) is 2.92. The molecule has 4 rings (SSSR count). The van der Waals surface area contributed by atoms with Gasteiger partial charge in [0, 0.05) is 23.5 Å². The topological polar surface area (TPSA) is 37.5 Å². The molecule has 0 bridgehead atoms. The Kier molecular flexibility index (Phi) is 3.82. The number of pyridine rings is 1. The fraction of sp³-hybridized carbons (Fsp3) is 0.0952. The Hall–Kier alpha value is -2.98. The van der Waals surface area contributed by atoms with Crippen LogP contribution in [-0.4, -0.2) is 14.5 Å². The van der Waals surface area contributed by atoms with Gasteiger partial charge in [-0.3, -0.25) is 0 Å². The predicted octanol–water partition coefficient (Wildman–Crippen LogP) is 4.61. The van der Waals surface area contributed by atoms with Gasteiger partial charge in [0.25, 0.3) is 0 Å². The van der Waals surface area contributed by atoms with E-state index >= 15 is 0 Å². The van der Waals surface area contributed by atoms with Gasteiger partial charge in [-0.25, -0.2) is 9.37 Å². The zero-order chi connectivity index (χ0) is 17.4. The number of aliphatic hydroxyl groups excluding tert-OH is 1. The van der Waals surface area contributed by atoms with Gasteiger partial charge in [-0.15, -0.1) is 0 Å². The second kappa shape index (κ2) is 6.15. The van der Waals surface area contributed by atoms with E-state index in [0.29, 0.717) is 5.56 Å². The van der Waals surface area contributed by atoms with Gasteiger partial charge in [-0.05, 0) is 36.2 Å². The Morgan fingerprint density at radius 1 is 0.920 bits per heavy atom. The second-order valence-corrected chi connectivity index (χ2v) is 6.14. The maximum absolute atomic E-state index is 13.9. The molecule has 0 fully saturated rings. The number of hydrogen-bond donors (Lipinski definition) is 1. The van der Waals surface area contributed by atoms with Crippen molar-refractivity contribution in [3.8, 4) is 22.4 Å². The first-order valence-corrected chi connectivity index (χ1v) is 8.09. The SMILES string of the molecule is Cc1ccc(-c2cn3cc(-c4ccc(CO)c(F)c4)ccc3n2)cc1. The maximum atomic E-state index is 13.9. The van der Waals surface area contributed by atoms with Gasteiger partial charge in [-0.1, -0.05) is 42.0 Å². The number of rotatable bonds is 3. The number of aliphatic hydroxyl groups is 1. The summed E-state index contributed by atoms with van der Waals surface area (Å²) in [5, 5.41) is 9.10. The van der Waals surface area contributed by atoms with E-state index in [1.54, 1.807) is 6.07 Å². The Balaban J connectivity index is 1.75. The molecule has 0 spiro atoms. The monoisotopic (exact) mass is 332 g/mol. The van der Waals surface area contributed by atoms with E-state index in [1.165, 1.54) is 11.6 Å². The molecule has 2 aromatic carbocycles. The van der Waals surface area contributed by atoms with Crippen molar-refractivity contribution in [2.45, 2.75) is 13.5 Å². The van der Waals surface area contributed by atoms with Crippen LogP contribution in [0.5, 0.6) is 0 Å². The quantitative estimate of drug-likeness (QED) is 0.595. The van der Waals surface area contributed by atoms with E-state index in [4.69, 9.17) is 5.11 Å². The molecule has 0 radical (unpaired) electrons. The van der Waals surface area contributed by atoms with Gasteiger partial charge < -0.3 is 9.51 Å². The highest BCUT2D eigenvalue weighted by Crippen LogP contribution is 2.25. The molecule has 0 saturated carbocycles. The van der Waals surface area contributed by atoms with Crippen molar-refractivity contribution in [3.63, 3.8) is 0 Å². The van der Waals surface area contributed by atoms with Crippen LogP contribution >= 0.6 is 0 Å². The summed E-state index contributed by atoms with van der Waals surface area (Å²) in [7, 11) is 0. The molecule has 2 heterocycles. The third-order valence-corrected chi connectivity index (χ3v) is 4.36. The molecule has 0 atom stereocenters. The summed E-state index contributed by atoms with van der Waals surface area (Å²) in [6.07, 6.45) is 3.91. The molecule has 25 heavy (non-hydrogen) atoms. The predicted molar refractivity (Wildman–Crippen MR) is 96.7 cm³/mol. The summed E-state index contributed by atoms with van der Waals surface area (Å²) < 4.78 is 15.9. The lowest BCUT2D eigenvalue weighted by Crippen LogP contribution is -1.91. The molecular weight excluding hydrogens is 315 g/mol. The maximum Gasteiger partial charge on any atom is 0.137 e. The van der Waals surface area contributed by atoms with Crippen LogP contribution in [0.1, 0.15) is 11.1 Å². The highest BCUT2D eigenvalue weighted by atomic mass is 19.1. The lowest BCUT2D eigenvalue weighted by atomic mass is 10.1. The summed E-state index contributed by atoms with van der Waals surface area (Å²) in [4.78, 5) is 4.65. The molecule has 3 nitrogen and oxygen atoms in total. The fourth-order valence-corrected chi connectivity index (χ4v) is 2.88. The molecule has 0 amide bonds. The van der Waals surface area contributed by atoms with E-state index in [2.05, 4.69) is 36.2 Å². The third-order valence-electron chi connectivity index (χ3n) is 4.36. The van der Waals surface area contributed by atoms with Gasteiger partial charge in [0.1, 0.15) is 11.5 Å². The van der Waals surface area contributed by atoms with Crippen LogP contribution in [0, 0.1) is 12.7 Å². The largest absolute Gasteiger partial charge is 0.392 e. The average Bonchev–Trinajstić information content (AvgIpc) is 3.05. The minimum absolute atomic E-state index is 0.299. The normalized spacial score (nSPS) is 11.2. The van der Waals surface area contributed by atoms with E-state index in [1.807, 2.05) is 35.0 Å². The zero-order valence-corrected chi connectivity index (χ0v) is 13.8. The number of halogens is 1. The Labute approximate surface area is 145 Å². The molecule has 0 unspecified atom stereocenters. The van der Waals surface area contributed by atoms with E-state index in [0.717, 1.165) is 28.0 Å². The van der Waals surface area contributed by atoms with E-state index in [-0.39, 0.29) is 6.61 Å². The summed E-state index contributed by atoms with van der Waals surface area (Å²) in [5.41, 5.74) is 5.98. The number of benzene rings is 2. The minimum Gasteiger partial charge on any atom is -0.392 e. The van der Waals surface area contributed by atoms with Crippen molar-refractivity contribution in [2.75, 3.05) is 0 Å². The number of fused-ring (bicyclic) bond motifs is 1. The first-order valence-electron chi connectivity index (χ1n) is 8.09.